The maximum atomic E-state index is 13.0. The topological polar surface area (TPSA) is 17.1 Å². The molecule has 2 aromatic rings. The van der Waals surface area contributed by atoms with Gasteiger partial charge in [-0.15, -0.1) is 0 Å². The molecule has 0 saturated carbocycles. The van der Waals surface area contributed by atoms with E-state index in [1.54, 1.807) is 6.92 Å². The van der Waals surface area contributed by atoms with Gasteiger partial charge < -0.3 is 0 Å². The third-order valence-corrected chi connectivity index (χ3v) is 2.91. The lowest BCUT2D eigenvalue weighted by molar-refractivity contribution is -0.137. The Labute approximate surface area is 112 Å². The molecule has 2 aromatic carbocycles. The Balaban J connectivity index is 2.34. The lowest BCUT2D eigenvalue weighted by Crippen LogP contribution is -2.07. The normalized spacial score (nSPS) is 11.4. The first-order valence-corrected chi connectivity index (χ1v) is 5.77. The van der Waals surface area contributed by atoms with Gasteiger partial charge in [0.1, 0.15) is 5.82 Å². The van der Waals surface area contributed by atoms with Gasteiger partial charge in [-0.3, -0.25) is 4.79 Å². The van der Waals surface area contributed by atoms with E-state index < -0.39 is 23.3 Å². The van der Waals surface area contributed by atoms with Crippen LogP contribution in [0.4, 0.5) is 17.6 Å². The molecule has 0 bridgehead atoms. The largest absolute Gasteiger partial charge is 0.416 e. The SMILES string of the molecule is Cc1cc(F)ccc1C(=O)c1ccc(C(F)(F)F)cc1. The summed E-state index contributed by atoms with van der Waals surface area (Å²) in [6.45, 7) is 1.57. The molecule has 5 heteroatoms. The van der Waals surface area contributed by atoms with Crippen molar-refractivity contribution in [3.63, 3.8) is 0 Å². The third-order valence-electron chi connectivity index (χ3n) is 2.91. The van der Waals surface area contributed by atoms with Crippen LogP contribution in [0.15, 0.2) is 42.5 Å². The first-order valence-electron chi connectivity index (χ1n) is 5.77. The maximum absolute atomic E-state index is 13.0. The fraction of sp³-hybridized carbons (Fsp3) is 0.133. The second-order valence-corrected chi connectivity index (χ2v) is 4.36. The van der Waals surface area contributed by atoms with Gasteiger partial charge >= 0.3 is 6.18 Å². The highest BCUT2D eigenvalue weighted by Gasteiger charge is 2.30. The summed E-state index contributed by atoms with van der Waals surface area (Å²) in [5, 5.41) is 0. The predicted molar refractivity (Wildman–Crippen MR) is 66.0 cm³/mol. The molecule has 0 aromatic heterocycles. The van der Waals surface area contributed by atoms with Crippen molar-refractivity contribution in [2.24, 2.45) is 0 Å². The number of ketones is 1. The number of benzene rings is 2. The molecular formula is C15H10F4O. The molecule has 20 heavy (non-hydrogen) atoms. The zero-order valence-electron chi connectivity index (χ0n) is 10.5. The Morgan fingerprint density at radius 1 is 1.00 bits per heavy atom. The molecule has 0 heterocycles. The van der Waals surface area contributed by atoms with Crippen LogP contribution in [0.2, 0.25) is 0 Å². The molecule has 0 aliphatic rings. The van der Waals surface area contributed by atoms with Gasteiger partial charge in [-0.2, -0.15) is 13.2 Å². The minimum absolute atomic E-state index is 0.132. The van der Waals surface area contributed by atoms with Crippen molar-refractivity contribution in [3.05, 3.63) is 70.5 Å². The minimum Gasteiger partial charge on any atom is -0.289 e. The van der Waals surface area contributed by atoms with Crippen LogP contribution in [-0.2, 0) is 6.18 Å². The summed E-state index contributed by atoms with van der Waals surface area (Å²) in [7, 11) is 0. The van der Waals surface area contributed by atoms with Crippen molar-refractivity contribution < 1.29 is 22.4 Å². The van der Waals surface area contributed by atoms with Gasteiger partial charge in [0.05, 0.1) is 5.56 Å². The van der Waals surface area contributed by atoms with E-state index in [-0.39, 0.29) is 11.1 Å². The summed E-state index contributed by atoms with van der Waals surface area (Å²) >= 11 is 0. The number of carbonyl (C=O) groups is 1. The van der Waals surface area contributed by atoms with E-state index in [9.17, 15) is 22.4 Å². The van der Waals surface area contributed by atoms with Crippen molar-refractivity contribution in [1.29, 1.82) is 0 Å². The zero-order valence-corrected chi connectivity index (χ0v) is 10.5. The number of halogens is 4. The molecule has 1 nitrogen and oxygen atoms in total. The molecule has 0 spiro atoms. The lowest BCUT2D eigenvalue weighted by Gasteiger charge is -2.08. The Bertz CT molecular complexity index is 642. The molecule has 0 saturated heterocycles. The second-order valence-electron chi connectivity index (χ2n) is 4.36. The monoisotopic (exact) mass is 282 g/mol. The highest BCUT2D eigenvalue weighted by Crippen LogP contribution is 2.29. The molecule has 104 valence electrons. The zero-order chi connectivity index (χ0) is 14.9. The van der Waals surface area contributed by atoms with Gasteiger partial charge in [0.25, 0.3) is 0 Å². The number of aryl methyl sites for hydroxylation is 1. The lowest BCUT2D eigenvalue weighted by atomic mass is 9.98. The van der Waals surface area contributed by atoms with Crippen LogP contribution < -0.4 is 0 Å². The number of carbonyl (C=O) groups excluding carboxylic acids is 1. The van der Waals surface area contributed by atoms with E-state index in [0.717, 1.165) is 30.3 Å². The average Bonchev–Trinajstić information content (AvgIpc) is 2.37. The summed E-state index contributed by atoms with van der Waals surface area (Å²) in [4.78, 5) is 12.1. The van der Waals surface area contributed by atoms with Crippen molar-refractivity contribution in [2.75, 3.05) is 0 Å². The second kappa shape index (κ2) is 5.07. The van der Waals surface area contributed by atoms with Crippen molar-refractivity contribution in [3.8, 4) is 0 Å². The molecule has 0 radical (unpaired) electrons. The molecule has 0 fully saturated rings. The van der Waals surface area contributed by atoms with Crippen molar-refractivity contribution >= 4 is 5.78 Å². The van der Waals surface area contributed by atoms with E-state index >= 15 is 0 Å². The highest BCUT2D eigenvalue weighted by atomic mass is 19.4. The molecule has 0 atom stereocenters. The van der Waals surface area contributed by atoms with Gasteiger partial charge in [-0.1, -0.05) is 12.1 Å². The van der Waals surface area contributed by atoms with Crippen LogP contribution in [0, 0.1) is 12.7 Å². The molecular weight excluding hydrogens is 272 g/mol. The van der Waals surface area contributed by atoms with E-state index in [1.807, 2.05) is 0 Å². The van der Waals surface area contributed by atoms with E-state index in [2.05, 4.69) is 0 Å². The summed E-state index contributed by atoms with van der Waals surface area (Å²) in [5.74, 6) is -0.900. The molecule has 0 aliphatic heterocycles. The van der Waals surface area contributed by atoms with Crippen LogP contribution in [0.3, 0.4) is 0 Å². The minimum atomic E-state index is -4.44. The van der Waals surface area contributed by atoms with Crippen LogP contribution in [0.25, 0.3) is 0 Å². The van der Waals surface area contributed by atoms with Gasteiger partial charge in [0.15, 0.2) is 5.78 Å². The Kier molecular flexibility index (Phi) is 3.61. The maximum Gasteiger partial charge on any atom is 0.416 e. The number of rotatable bonds is 2. The van der Waals surface area contributed by atoms with E-state index in [4.69, 9.17) is 0 Å². The first-order chi connectivity index (χ1) is 9.29. The van der Waals surface area contributed by atoms with Crippen molar-refractivity contribution in [2.45, 2.75) is 13.1 Å². The fourth-order valence-corrected chi connectivity index (χ4v) is 1.85. The molecule has 0 unspecified atom stereocenters. The van der Waals surface area contributed by atoms with Crippen molar-refractivity contribution in [1.82, 2.24) is 0 Å². The Morgan fingerprint density at radius 2 is 1.60 bits per heavy atom. The summed E-state index contributed by atoms with van der Waals surface area (Å²) < 4.78 is 50.2. The molecule has 2 rings (SSSR count). The fourth-order valence-electron chi connectivity index (χ4n) is 1.85. The summed E-state index contributed by atoms with van der Waals surface area (Å²) in [5.41, 5.74) is 0.0265. The van der Waals surface area contributed by atoms with E-state index in [1.165, 1.54) is 12.1 Å². The predicted octanol–water partition coefficient (Wildman–Crippen LogP) is 4.38. The standard InChI is InChI=1S/C15H10F4O/c1-9-8-12(16)6-7-13(9)14(20)10-2-4-11(5-3-10)15(17,18)19/h2-8H,1H3. The highest BCUT2D eigenvalue weighted by molar-refractivity contribution is 6.09. The average molecular weight is 282 g/mol. The smallest absolute Gasteiger partial charge is 0.289 e. The molecule has 0 aliphatic carbocycles. The summed E-state index contributed by atoms with van der Waals surface area (Å²) in [6, 6.07) is 7.62. The van der Waals surface area contributed by atoms with Gasteiger partial charge in [0, 0.05) is 11.1 Å². The number of hydrogen-bond acceptors (Lipinski definition) is 1. The van der Waals surface area contributed by atoms with Crippen LogP contribution in [-0.4, -0.2) is 5.78 Å². The van der Waals surface area contributed by atoms with E-state index in [0.29, 0.717) is 5.56 Å². The van der Waals surface area contributed by atoms with Gasteiger partial charge in [0.2, 0.25) is 0 Å². The first kappa shape index (κ1) is 14.2. The molecule has 0 N–H and O–H groups in total. The molecule has 0 amide bonds. The third kappa shape index (κ3) is 2.87. The quantitative estimate of drug-likeness (QED) is 0.590. The van der Waals surface area contributed by atoms with Crippen LogP contribution in [0.1, 0.15) is 27.0 Å². The number of hydrogen-bond donors (Lipinski definition) is 0. The van der Waals surface area contributed by atoms with Crippen LogP contribution in [0.5, 0.6) is 0 Å². The van der Waals surface area contributed by atoms with Gasteiger partial charge in [-0.05, 0) is 42.8 Å². The Morgan fingerprint density at radius 3 is 2.10 bits per heavy atom. The number of alkyl halides is 3. The Hall–Kier alpha value is -2.17. The van der Waals surface area contributed by atoms with Crippen LogP contribution >= 0.6 is 0 Å². The van der Waals surface area contributed by atoms with Gasteiger partial charge in [-0.25, -0.2) is 4.39 Å². The summed E-state index contributed by atoms with van der Waals surface area (Å²) in [6.07, 6.45) is -4.44.